The summed E-state index contributed by atoms with van der Waals surface area (Å²) in [7, 11) is 0. The lowest BCUT2D eigenvalue weighted by molar-refractivity contribution is 0.310. The van der Waals surface area contributed by atoms with E-state index in [2.05, 4.69) is 22.0 Å². The Morgan fingerprint density at radius 2 is 2.32 bits per heavy atom. The third-order valence-electron chi connectivity index (χ3n) is 2.98. The second kappa shape index (κ2) is 4.72. The largest absolute Gasteiger partial charge is 0.494 e. The van der Waals surface area contributed by atoms with Gasteiger partial charge >= 0.3 is 5.69 Å². The third kappa shape index (κ3) is 2.05. The van der Waals surface area contributed by atoms with Crippen LogP contribution in [0.5, 0.6) is 5.75 Å². The average molecular weight is 258 g/mol. The molecule has 0 saturated carbocycles. The van der Waals surface area contributed by atoms with E-state index in [1.807, 2.05) is 18.2 Å². The number of fused-ring (bicyclic) bond motifs is 3. The molecule has 0 atom stereocenters. The normalized spacial score (nSPS) is 11.2. The number of H-pyrrole nitrogens is 1. The molecule has 1 aromatic carbocycles. The van der Waals surface area contributed by atoms with Crippen molar-refractivity contribution < 1.29 is 4.74 Å². The van der Waals surface area contributed by atoms with Crippen LogP contribution in [0.15, 0.2) is 29.3 Å². The lowest BCUT2D eigenvalue weighted by atomic mass is 10.2. The molecule has 3 rings (SSSR count). The van der Waals surface area contributed by atoms with E-state index in [0.717, 1.165) is 29.5 Å². The van der Waals surface area contributed by atoms with Gasteiger partial charge in [0.1, 0.15) is 12.1 Å². The van der Waals surface area contributed by atoms with Gasteiger partial charge in [0.25, 0.3) is 0 Å². The molecule has 1 N–H and O–H groups in total. The Morgan fingerprint density at radius 1 is 1.42 bits per heavy atom. The molecular formula is C13H14N4O2. The maximum Gasteiger partial charge on any atom is 0.348 e. The zero-order valence-corrected chi connectivity index (χ0v) is 10.6. The van der Waals surface area contributed by atoms with E-state index in [4.69, 9.17) is 4.74 Å². The van der Waals surface area contributed by atoms with E-state index in [1.165, 1.54) is 10.8 Å². The number of nitrogens with zero attached hydrogens (tertiary/aromatic N) is 3. The molecule has 0 amide bonds. The van der Waals surface area contributed by atoms with Crippen LogP contribution in [-0.2, 0) is 0 Å². The van der Waals surface area contributed by atoms with Crippen LogP contribution in [0.3, 0.4) is 0 Å². The summed E-state index contributed by atoms with van der Waals surface area (Å²) >= 11 is 0. The van der Waals surface area contributed by atoms with Crippen LogP contribution in [0.2, 0.25) is 0 Å². The summed E-state index contributed by atoms with van der Waals surface area (Å²) in [5.41, 5.74) is 0.979. The van der Waals surface area contributed by atoms with Gasteiger partial charge < -0.3 is 9.72 Å². The molecule has 0 fully saturated rings. The highest BCUT2D eigenvalue weighted by Crippen LogP contribution is 2.21. The zero-order chi connectivity index (χ0) is 13.2. The van der Waals surface area contributed by atoms with E-state index in [0.29, 0.717) is 12.3 Å². The van der Waals surface area contributed by atoms with Crippen LogP contribution < -0.4 is 10.4 Å². The van der Waals surface area contributed by atoms with E-state index in [9.17, 15) is 4.79 Å². The zero-order valence-electron chi connectivity index (χ0n) is 10.6. The maximum atomic E-state index is 11.7. The number of nitrogens with one attached hydrogen (secondary N) is 1. The molecule has 2 aromatic heterocycles. The van der Waals surface area contributed by atoms with Crippen LogP contribution in [0.25, 0.3) is 16.6 Å². The van der Waals surface area contributed by atoms with Gasteiger partial charge in [-0.15, -0.1) is 0 Å². The van der Waals surface area contributed by atoms with Crippen molar-refractivity contribution in [1.29, 1.82) is 0 Å². The molecule has 2 heterocycles. The molecule has 0 aliphatic heterocycles. The molecule has 0 saturated heterocycles. The Balaban J connectivity index is 2.10. The van der Waals surface area contributed by atoms with Crippen LogP contribution in [-0.4, -0.2) is 26.2 Å². The van der Waals surface area contributed by atoms with Crippen LogP contribution in [0, 0.1) is 0 Å². The first-order valence-corrected chi connectivity index (χ1v) is 6.28. The molecule has 6 nitrogen and oxygen atoms in total. The number of ether oxygens (including phenoxy) is 1. The van der Waals surface area contributed by atoms with E-state index >= 15 is 0 Å². The molecule has 3 aromatic rings. The Labute approximate surface area is 109 Å². The molecular weight excluding hydrogens is 244 g/mol. The molecule has 0 aliphatic carbocycles. The highest BCUT2D eigenvalue weighted by atomic mass is 16.5. The van der Waals surface area contributed by atoms with Crippen molar-refractivity contribution >= 4 is 16.6 Å². The molecule has 6 heteroatoms. The highest BCUT2D eigenvalue weighted by molar-refractivity contribution is 5.91. The first kappa shape index (κ1) is 11.7. The predicted molar refractivity (Wildman–Crippen MR) is 71.5 cm³/mol. The van der Waals surface area contributed by atoms with Gasteiger partial charge in [-0.1, -0.05) is 13.3 Å². The Hall–Kier alpha value is -2.37. The summed E-state index contributed by atoms with van der Waals surface area (Å²) in [4.78, 5) is 18.6. The molecule has 0 radical (unpaired) electrons. The Morgan fingerprint density at radius 3 is 3.16 bits per heavy atom. The Bertz CT molecular complexity index is 775. The lowest BCUT2D eigenvalue weighted by Crippen LogP contribution is -2.17. The number of hydrogen-bond acceptors (Lipinski definition) is 4. The van der Waals surface area contributed by atoms with E-state index in [1.54, 1.807) is 0 Å². The van der Waals surface area contributed by atoms with Crippen LogP contribution >= 0.6 is 0 Å². The monoisotopic (exact) mass is 258 g/mol. The van der Waals surface area contributed by atoms with Crippen molar-refractivity contribution in [3.05, 3.63) is 35.0 Å². The van der Waals surface area contributed by atoms with Crippen LogP contribution in [0.1, 0.15) is 19.8 Å². The van der Waals surface area contributed by atoms with Gasteiger partial charge in [-0.05, 0) is 24.6 Å². The minimum atomic E-state index is -0.292. The summed E-state index contributed by atoms with van der Waals surface area (Å²) < 4.78 is 6.91. The number of aromatic nitrogens is 4. The number of rotatable bonds is 4. The fraction of sp³-hybridized carbons (Fsp3) is 0.308. The minimum absolute atomic E-state index is 0.292. The molecule has 0 aliphatic rings. The quantitative estimate of drug-likeness (QED) is 0.724. The first-order valence-electron chi connectivity index (χ1n) is 6.28. The van der Waals surface area contributed by atoms with Crippen molar-refractivity contribution in [2.24, 2.45) is 0 Å². The molecule has 0 spiro atoms. The van der Waals surface area contributed by atoms with Crippen molar-refractivity contribution in [2.45, 2.75) is 19.8 Å². The smallest absolute Gasteiger partial charge is 0.348 e. The average Bonchev–Trinajstić information content (AvgIpc) is 2.90. The van der Waals surface area contributed by atoms with Crippen molar-refractivity contribution in [2.75, 3.05) is 6.61 Å². The van der Waals surface area contributed by atoms with E-state index < -0.39 is 0 Å². The third-order valence-corrected chi connectivity index (χ3v) is 2.98. The van der Waals surface area contributed by atoms with Crippen molar-refractivity contribution in [3.63, 3.8) is 0 Å². The van der Waals surface area contributed by atoms with E-state index in [-0.39, 0.29) is 5.69 Å². The number of aromatic amines is 1. The first-order chi connectivity index (χ1) is 9.29. The lowest BCUT2D eigenvalue weighted by Gasteiger charge is -2.06. The highest BCUT2D eigenvalue weighted by Gasteiger charge is 2.07. The van der Waals surface area contributed by atoms with Crippen LogP contribution in [0.4, 0.5) is 0 Å². The summed E-state index contributed by atoms with van der Waals surface area (Å²) in [5, 5.41) is 4.72. The SMILES string of the molecule is CCCCOc1ccc2[nH]c(=O)n3ncnc3c2c1. The maximum absolute atomic E-state index is 11.7. The summed E-state index contributed by atoms with van der Waals surface area (Å²) in [6, 6.07) is 5.55. The van der Waals surface area contributed by atoms with Gasteiger partial charge in [0.2, 0.25) is 0 Å². The summed E-state index contributed by atoms with van der Waals surface area (Å²) in [5.74, 6) is 0.776. The number of benzene rings is 1. The summed E-state index contributed by atoms with van der Waals surface area (Å²) in [6.45, 7) is 2.81. The van der Waals surface area contributed by atoms with Gasteiger partial charge in [-0.25, -0.2) is 9.78 Å². The van der Waals surface area contributed by atoms with Crippen molar-refractivity contribution in [1.82, 2.24) is 19.6 Å². The second-order valence-corrected chi connectivity index (χ2v) is 4.34. The van der Waals surface area contributed by atoms with Gasteiger partial charge in [0, 0.05) is 5.39 Å². The van der Waals surface area contributed by atoms with Crippen molar-refractivity contribution in [3.8, 4) is 5.75 Å². The molecule has 19 heavy (non-hydrogen) atoms. The number of hydrogen-bond donors (Lipinski definition) is 1. The number of unbranched alkanes of at least 4 members (excludes halogenated alkanes) is 1. The van der Waals surface area contributed by atoms with Gasteiger partial charge in [-0.3, -0.25) is 0 Å². The van der Waals surface area contributed by atoms with Gasteiger partial charge in [-0.2, -0.15) is 9.61 Å². The standard InChI is InChI=1S/C13H14N4O2/c1-2-3-6-19-9-4-5-11-10(7-9)12-14-8-15-17(12)13(18)16-11/h4-5,7-8H,2-3,6H2,1H3,(H,16,18). The molecule has 98 valence electrons. The summed E-state index contributed by atoms with van der Waals surface area (Å²) in [6.07, 6.45) is 3.48. The molecule has 0 bridgehead atoms. The second-order valence-electron chi connectivity index (χ2n) is 4.34. The minimum Gasteiger partial charge on any atom is -0.494 e. The molecule has 0 unspecified atom stereocenters. The van der Waals surface area contributed by atoms with Gasteiger partial charge in [0.05, 0.1) is 12.1 Å². The fourth-order valence-corrected chi connectivity index (χ4v) is 1.98. The fourth-order valence-electron chi connectivity index (χ4n) is 1.98. The predicted octanol–water partition coefficient (Wildman–Crippen LogP) is 1.75. The van der Waals surface area contributed by atoms with Gasteiger partial charge in [0.15, 0.2) is 5.65 Å². The topological polar surface area (TPSA) is 72.3 Å². The Kier molecular flexibility index (Phi) is 2.91.